The highest BCUT2D eigenvalue weighted by Crippen LogP contribution is 2.09. The van der Waals surface area contributed by atoms with Crippen LogP contribution in [0.3, 0.4) is 0 Å². The minimum Gasteiger partial charge on any atom is -0.0871 e. The first-order valence-electron chi connectivity index (χ1n) is 5.89. The molecule has 0 radical (unpaired) electrons. The molecule has 0 aliphatic heterocycles. The van der Waals surface area contributed by atoms with Crippen LogP contribution in [0, 0.1) is 0 Å². The van der Waals surface area contributed by atoms with Gasteiger partial charge in [0.2, 0.25) is 0 Å². The SMILES string of the molecule is C/C=C\C(/C=C\C)=C(C)/C=C\CC.CC. The molecule has 0 heterocycles. The van der Waals surface area contributed by atoms with Crippen LogP contribution in [0.4, 0.5) is 0 Å². The van der Waals surface area contributed by atoms with E-state index in [4.69, 9.17) is 0 Å². The lowest BCUT2D eigenvalue weighted by Crippen LogP contribution is -1.78. The molecule has 0 unspecified atom stereocenters. The van der Waals surface area contributed by atoms with Crippen molar-refractivity contribution in [2.75, 3.05) is 0 Å². The van der Waals surface area contributed by atoms with Crippen molar-refractivity contribution < 1.29 is 0 Å². The standard InChI is InChI=1S/C13H20.C2H6/c1-5-8-11-12(4)13(9-6-2)10-7-3;1-2/h6-11H,5H2,1-4H3;1-2H3/b9-6-,10-7-,11-8-;. The molecule has 0 N–H and O–H groups in total. The Labute approximate surface area is 96.1 Å². The normalized spacial score (nSPS) is 10.8. The highest BCUT2D eigenvalue weighted by Gasteiger charge is 1.89. The van der Waals surface area contributed by atoms with Gasteiger partial charge in [0, 0.05) is 0 Å². The van der Waals surface area contributed by atoms with Gasteiger partial charge >= 0.3 is 0 Å². The molecular formula is C15H26. The van der Waals surface area contributed by atoms with Crippen molar-refractivity contribution in [1.82, 2.24) is 0 Å². The topological polar surface area (TPSA) is 0 Å². The van der Waals surface area contributed by atoms with E-state index in [1.807, 2.05) is 27.7 Å². The quantitative estimate of drug-likeness (QED) is 0.537. The van der Waals surface area contributed by atoms with Crippen LogP contribution in [-0.4, -0.2) is 0 Å². The van der Waals surface area contributed by atoms with Crippen molar-refractivity contribution in [2.24, 2.45) is 0 Å². The molecule has 0 fully saturated rings. The van der Waals surface area contributed by atoms with E-state index < -0.39 is 0 Å². The molecule has 0 bridgehead atoms. The van der Waals surface area contributed by atoms with Crippen LogP contribution < -0.4 is 0 Å². The maximum absolute atomic E-state index is 2.18. The average Bonchev–Trinajstić information content (AvgIpc) is 2.28. The first kappa shape index (κ1) is 16.4. The Kier molecular flexibility index (Phi) is 14.2. The van der Waals surface area contributed by atoms with Crippen LogP contribution in [0.5, 0.6) is 0 Å². The number of hydrogen-bond donors (Lipinski definition) is 0. The summed E-state index contributed by atoms with van der Waals surface area (Å²) in [4.78, 5) is 0. The third kappa shape index (κ3) is 9.27. The zero-order chi connectivity index (χ0) is 12.1. The smallest absolute Gasteiger partial charge is 0.0234 e. The molecule has 0 saturated heterocycles. The minimum atomic E-state index is 1.09. The van der Waals surface area contributed by atoms with Gasteiger partial charge in [0.25, 0.3) is 0 Å². The monoisotopic (exact) mass is 206 g/mol. The summed E-state index contributed by atoms with van der Waals surface area (Å²) in [5.74, 6) is 0. The summed E-state index contributed by atoms with van der Waals surface area (Å²) in [5.41, 5.74) is 2.60. The van der Waals surface area contributed by atoms with Crippen LogP contribution in [0.1, 0.15) is 48.0 Å². The highest BCUT2D eigenvalue weighted by molar-refractivity contribution is 5.39. The molecule has 0 spiro atoms. The van der Waals surface area contributed by atoms with Gasteiger partial charge in [-0.25, -0.2) is 0 Å². The zero-order valence-corrected chi connectivity index (χ0v) is 11.2. The predicted molar refractivity (Wildman–Crippen MR) is 73.1 cm³/mol. The summed E-state index contributed by atoms with van der Waals surface area (Å²) in [6.45, 7) is 12.4. The van der Waals surface area contributed by atoms with Gasteiger partial charge in [0.05, 0.1) is 0 Å². The zero-order valence-electron chi connectivity index (χ0n) is 11.2. The lowest BCUT2D eigenvalue weighted by Gasteiger charge is -1.98. The van der Waals surface area contributed by atoms with E-state index in [0.29, 0.717) is 0 Å². The molecule has 0 aliphatic carbocycles. The van der Waals surface area contributed by atoms with Gasteiger partial charge in [-0.05, 0) is 38.3 Å². The van der Waals surface area contributed by atoms with E-state index >= 15 is 0 Å². The lowest BCUT2D eigenvalue weighted by atomic mass is 10.1. The van der Waals surface area contributed by atoms with Crippen molar-refractivity contribution in [3.63, 3.8) is 0 Å². The molecule has 0 amide bonds. The molecule has 0 rings (SSSR count). The largest absolute Gasteiger partial charge is 0.0871 e. The van der Waals surface area contributed by atoms with Gasteiger partial charge in [-0.15, -0.1) is 0 Å². The summed E-state index contributed by atoms with van der Waals surface area (Å²) in [6, 6.07) is 0. The van der Waals surface area contributed by atoms with Crippen molar-refractivity contribution in [3.05, 3.63) is 47.6 Å². The van der Waals surface area contributed by atoms with E-state index in [1.165, 1.54) is 11.1 Å². The molecule has 0 aromatic carbocycles. The maximum Gasteiger partial charge on any atom is -0.0234 e. The molecule has 0 aromatic heterocycles. The van der Waals surface area contributed by atoms with E-state index in [-0.39, 0.29) is 0 Å². The molecular weight excluding hydrogens is 180 g/mol. The second-order valence-electron chi connectivity index (χ2n) is 2.95. The fraction of sp³-hybridized carbons (Fsp3) is 0.467. The van der Waals surface area contributed by atoms with Crippen LogP contribution in [0.2, 0.25) is 0 Å². The van der Waals surface area contributed by atoms with Crippen molar-refractivity contribution in [3.8, 4) is 0 Å². The first-order chi connectivity index (χ1) is 7.26. The summed E-state index contributed by atoms with van der Waals surface area (Å²) < 4.78 is 0. The van der Waals surface area contributed by atoms with Gasteiger partial charge in [0.15, 0.2) is 0 Å². The summed E-state index contributed by atoms with van der Waals surface area (Å²) >= 11 is 0. The molecule has 0 nitrogen and oxygen atoms in total. The summed E-state index contributed by atoms with van der Waals surface area (Å²) in [5, 5.41) is 0. The van der Waals surface area contributed by atoms with E-state index in [0.717, 1.165) is 6.42 Å². The number of hydrogen-bond acceptors (Lipinski definition) is 0. The second kappa shape index (κ2) is 13.0. The van der Waals surface area contributed by atoms with E-state index in [2.05, 4.69) is 50.3 Å². The van der Waals surface area contributed by atoms with Crippen molar-refractivity contribution in [2.45, 2.75) is 48.0 Å². The van der Waals surface area contributed by atoms with Crippen LogP contribution in [0.15, 0.2) is 47.6 Å². The van der Waals surface area contributed by atoms with Crippen LogP contribution >= 0.6 is 0 Å². The Morgan fingerprint density at radius 3 is 1.73 bits per heavy atom. The van der Waals surface area contributed by atoms with Crippen LogP contribution in [-0.2, 0) is 0 Å². The Morgan fingerprint density at radius 2 is 1.40 bits per heavy atom. The first-order valence-corrected chi connectivity index (χ1v) is 5.89. The van der Waals surface area contributed by atoms with Crippen LogP contribution in [0.25, 0.3) is 0 Å². The Hall–Kier alpha value is -1.04. The summed E-state index contributed by atoms with van der Waals surface area (Å²) in [7, 11) is 0. The fourth-order valence-electron chi connectivity index (χ4n) is 1.07. The van der Waals surface area contributed by atoms with E-state index in [1.54, 1.807) is 0 Å². The van der Waals surface area contributed by atoms with Gasteiger partial charge in [0.1, 0.15) is 0 Å². The Bertz CT molecular complexity index is 223. The minimum absolute atomic E-state index is 1.09. The van der Waals surface area contributed by atoms with Gasteiger partial charge in [-0.3, -0.25) is 0 Å². The van der Waals surface area contributed by atoms with Crippen molar-refractivity contribution in [1.29, 1.82) is 0 Å². The number of allylic oxidation sites excluding steroid dienone is 8. The van der Waals surface area contributed by atoms with Crippen molar-refractivity contribution >= 4 is 0 Å². The summed E-state index contributed by atoms with van der Waals surface area (Å²) in [6.07, 6.45) is 13.9. The van der Waals surface area contributed by atoms with Gasteiger partial charge in [-0.1, -0.05) is 57.2 Å². The lowest BCUT2D eigenvalue weighted by molar-refractivity contribution is 1.21. The Morgan fingerprint density at radius 1 is 0.933 bits per heavy atom. The highest BCUT2D eigenvalue weighted by atomic mass is 13.9. The fourth-order valence-corrected chi connectivity index (χ4v) is 1.07. The molecule has 0 saturated carbocycles. The second-order valence-corrected chi connectivity index (χ2v) is 2.95. The molecule has 0 heteroatoms. The van der Waals surface area contributed by atoms with E-state index in [9.17, 15) is 0 Å². The molecule has 86 valence electrons. The van der Waals surface area contributed by atoms with Gasteiger partial charge in [-0.2, -0.15) is 0 Å². The molecule has 0 aromatic rings. The third-order valence-electron chi connectivity index (χ3n) is 1.75. The molecule has 0 atom stereocenters. The number of rotatable bonds is 4. The maximum atomic E-state index is 2.18. The molecule has 0 aliphatic rings. The average molecular weight is 206 g/mol. The van der Waals surface area contributed by atoms with Gasteiger partial charge < -0.3 is 0 Å². The molecule has 15 heavy (non-hydrogen) atoms. The third-order valence-corrected chi connectivity index (χ3v) is 1.75. The Balaban J connectivity index is 0. The predicted octanol–water partition coefficient (Wildman–Crippen LogP) is 5.45.